The number of benzene rings is 1. The highest BCUT2D eigenvalue weighted by Crippen LogP contribution is 2.48. The van der Waals surface area contributed by atoms with Crippen LogP contribution in [0.3, 0.4) is 0 Å². The second-order valence-electron chi connectivity index (χ2n) is 8.95. The first-order valence-corrected chi connectivity index (χ1v) is 12.5. The molecule has 0 amide bonds. The lowest BCUT2D eigenvalue weighted by molar-refractivity contribution is 0.386. The first-order valence-electron chi connectivity index (χ1n) is 11.0. The van der Waals surface area contributed by atoms with E-state index in [1.807, 2.05) is 11.2 Å². The molecule has 0 saturated carbocycles. The Balaban J connectivity index is 1.42. The van der Waals surface area contributed by atoms with E-state index in [0.29, 0.717) is 18.0 Å². The van der Waals surface area contributed by atoms with Gasteiger partial charge in [-0.2, -0.15) is 0 Å². The number of nitrogens with zero attached hydrogens (tertiary/aromatic N) is 3. The van der Waals surface area contributed by atoms with Crippen molar-refractivity contribution in [3.05, 3.63) is 76.2 Å². The van der Waals surface area contributed by atoms with Gasteiger partial charge in [0, 0.05) is 31.3 Å². The van der Waals surface area contributed by atoms with Crippen molar-refractivity contribution >= 4 is 15.7 Å². The number of sulfonamides is 1. The molecular weight excluding hydrogens is 443 g/mol. The lowest BCUT2D eigenvalue weighted by Crippen LogP contribution is -2.34. The number of hydrogen-bond donors (Lipinski definition) is 1. The van der Waals surface area contributed by atoms with Gasteiger partial charge in [-0.25, -0.2) is 17.1 Å². The van der Waals surface area contributed by atoms with Crippen LogP contribution in [0.15, 0.2) is 68.4 Å². The number of fused-ring (bicyclic) bond motifs is 1. The van der Waals surface area contributed by atoms with E-state index < -0.39 is 10.0 Å². The minimum Gasteiger partial charge on any atom is -0.360 e. The normalized spacial score (nSPS) is 22.3. The standard InChI is InChI=1S/C24H27FN4O3S/c1-14-21-12-26-29(20-9-7-19(25)8-10-20)22(21)11-17-5-6-18(23(14)17)13-28(4)33(30,31)24-15(2)27-32-16(24)3/h7-12,14,18,26H,5-6,13H2,1-4H3/t14-,18+/m0/s1. The van der Waals surface area contributed by atoms with Gasteiger partial charge in [0.2, 0.25) is 10.0 Å². The van der Waals surface area contributed by atoms with Crippen molar-refractivity contribution in [2.24, 2.45) is 11.8 Å². The third-order valence-corrected chi connectivity index (χ3v) is 8.97. The number of aromatic nitrogens is 1. The molecule has 7 nitrogen and oxygen atoms in total. The summed E-state index contributed by atoms with van der Waals surface area (Å²) in [7, 11) is -2.07. The number of rotatable bonds is 5. The van der Waals surface area contributed by atoms with Crippen LogP contribution in [0.25, 0.3) is 0 Å². The zero-order valence-corrected chi connectivity index (χ0v) is 19.9. The molecule has 0 saturated heterocycles. The van der Waals surface area contributed by atoms with E-state index in [0.717, 1.165) is 29.8 Å². The molecule has 0 radical (unpaired) electrons. The number of anilines is 1. The van der Waals surface area contributed by atoms with E-state index in [1.54, 1.807) is 33.0 Å². The summed E-state index contributed by atoms with van der Waals surface area (Å²) in [5, 5.41) is 5.78. The lowest BCUT2D eigenvalue weighted by atomic mass is 9.80. The number of hydrogen-bond acceptors (Lipinski definition) is 6. The molecule has 2 aromatic rings. The molecule has 174 valence electrons. The predicted octanol–water partition coefficient (Wildman–Crippen LogP) is 4.20. The van der Waals surface area contributed by atoms with Crippen molar-refractivity contribution in [1.29, 1.82) is 0 Å². The highest BCUT2D eigenvalue weighted by atomic mass is 32.2. The molecule has 33 heavy (non-hydrogen) atoms. The van der Waals surface area contributed by atoms with Crippen LogP contribution in [0.1, 0.15) is 31.2 Å². The molecule has 0 fully saturated rings. The van der Waals surface area contributed by atoms with E-state index in [9.17, 15) is 12.8 Å². The van der Waals surface area contributed by atoms with Crippen molar-refractivity contribution in [3.63, 3.8) is 0 Å². The second kappa shape index (κ2) is 7.85. The van der Waals surface area contributed by atoms with Gasteiger partial charge < -0.3 is 9.95 Å². The maximum absolute atomic E-state index is 13.4. The Morgan fingerprint density at radius 3 is 2.67 bits per heavy atom. The van der Waals surface area contributed by atoms with Gasteiger partial charge in [-0.15, -0.1) is 0 Å². The largest absolute Gasteiger partial charge is 0.360 e. The smallest absolute Gasteiger partial charge is 0.248 e. The van der Waals surface area contributed by atoms with Gasteiger partial charge >= 0.3 is 0 Å². The van der Waals surface area contributed by atoms with Gasteiger partial charge in [0.1, 0.15) is 16.4 Å². The number of nitrogens with one attached hydrogen (secondary N) is 1. The average Bonchev–Trinajstić information content (AvgIpc) is 3.46. The summed E-state index contributed by atoms with van der Waals surface area (Å²) in [6.07, 6.45) is 5.98. The van der Waals surface area contributed by atoms with Crippen molar-refractivity contribution in [3.8, 4) is 0 Å². The maximum atomic E-state index is 13.4. The topological polar surface area (TPSA) is 78.7 Å². The fourth-order valence-corrected chi connectivity index (χ4v) is 6.81. The molecule has 2 heterocycles. The SMILES string of the molecule is Cc1noc(C)c1S(=O)(=O)N(C)C[C@H]1CCC2=C1[C@@H](C)C1=CNN(c3ccc(F)cc3)C1=C2. The monoisotopic (exact) mass is 470 g/mol. The number of aryl methyl sites for hydroxylation is 2. The summed E-state index contributed by atoms with van der Waals surface area (Å²) < 4.78 is 46.3. The summed E-state index contributed by atoms with van der Waals surface area (Å²) in [6, 6.07) is 6.40. The Kier molecular flexibility index (Phi) is 5.21. The van der Waals surface area contributed by atoms with Crippen LogP contribution in [0.4, 0.5) is 10.1 Å². The molecule has 2 aliphatic carbocycles. The van der Waals surface area contributed by atoms with Crippen LogP contribution < -0.4 is 10.4 Å². The average molecular weight is 471 g/mol. The van der Waals surface area contributed by atoms with Crippen LogP contribution in [-0.2, 0) is 10.0 Å². The van der Waals surface area contributed by atoms with E-state index in [-0.39, 0.29) is 22.5 Å². The Hall–Kier alpha value is -2.91. The first kappa shape index (κ1) is 21.9. The van der Waals surface area contributed by atoms with Gasteiger partial charge in [-0.1, -0.05) is 17.7 Å². The number of allylic oxidation sites excluding steroid dienone is 3. The van der Waals surface area contributed by atoms with Crippen LogP contribution >= 0.6 is 0 Å². The molecule has 0 unspecified atom stereocenters. The molecule has 1 N–H and O–H groups in total. The van der Waals surface area contributed by atoms with E-state index in [1.165, 1.54) is 27.6 Å². The third kappa shape index (κ3) is 3.50. The molecule has 0 spiro atoms. The molecule has 1 aromatic carbocycles. The summed E-state index contributed by atoms with van der Waals surface area (Å²) in [5.41, 5.74) is 9.32. The maximum Gasteiger partial charge on any atom is 0.248 e. The van der Waals surface area contributed by atoms with Crippen molar-refractivity contribution < 1.29 is 17.3 Å². The van der Waals surface area contributed by atoms with Gasteiger partial charge in [0.05, 0.1) is 11.4 Å². The molecular formula is C24H27FN4O3S. The van der Waals surface area contributed by atoms with Crippen molar-refractivity contribution in [2.45, 2.75) is 38.5 Å². The zero-order chi connectivity index (χ0) is 23.5. The highest BCUT2D eigenvalue weighted by Gasteiger charge is 2.40. The van der Waals surface area contributed by atoms with E-state index in [4.69, 9.17) is 4.52 Å². The summed E-state index contributed by atoms with van der Waals surface area (Å²) in [4.78, 5) is 0.161. The molecule has 1 aromatic heterocycles. The van der Waals surface area contributed by atoms with Crippen LogP contribution in [0.5, 0.6) is 0 Å². The fourth-order valence-electron chi connectivity index (χ4n) is 5.31. The predicted molar refractivity (Wildman–Crippen MR) is 123 cm³/mol. The van der Waals surface area contributed by atoms with Gasteiger partial charge in [0.15, 0.2) is 5.76 Å². The Labute approximate surface area is 193 Å². The van der Waals surface area contributed by atoms with Crippen LogP contribution in [0, 0.1) is 31.5 Å². The summed E-state index contributed by atoms with van der Waals surface area (Å²) in [6.45, 7) is 5.85. The molecule has 9 heteroatoms. The molecule has 0 bridgehead atoms. The minimum atomic E-state index is -3.69. The van der Waals surface area contributed by atoms with E-state index in [2.05, 4.69) is 23.6 Å². The number of hydrazine groups is 1. The molecule has 1 aliphatic heterocycles. The Bertz CT molecular complexity index is 1290. The molecule has 3 aliphatic rings. The van der Waals surface area contributed by atoms with Crippen molar-refractivity contribution in [2.75, 3.05) is 18.6 Å². The van der Waals surface area contributed by atoms with Crippen molar-refractivity contribution in [1.82, 2.24) is 14.9 Å². The number of halogens is 1. The van der Waals surface area contributed by atoms with Crippen LogP contribution in [0.2, 0.25) is 0 Å². The lowest BCUT2D eigenvalue weighted by Gasteiger charge is -2.31. The highest BCUT2D eigenvalue weighted by molar-refractivity contribution is 7.89. The fraction of sp³-hybridized carbons (Fsp3) is 0.375. The quantitative estimate of drug-likeness (QED) is 0.706. The van der Waals surface area contributed by atoms with E-state index >= 15 is 0 Å². The third-order valence-electron chi connectivity index (χ3n) is 6.90. The minimum absolute atomic E-state index is 0.133. The summed E-state index contributed by atoms with van der Waals surface area (Å²) >= 11 is 0. The van der Waals surface area contributed by atoms with Gasteiger partial charge in [-0.3, -0.25) is 5.01 Å². The Morgan fingerprint density at radius 2 is 2.00 bits per heavy atom. The molecule has 2 atom stereocenters. The second-order valence-corrected chi connectivity index (χ2v) is 10.9. The molecule has 5 rings (SSSR count). The van der Waals surface area contributed by atoms with Crippen LogP contribution in [-0.4, -0.2) is 31.5 Å². The Morgan fingerprint density at radius 1 is 1.27 bits per heavy atom. The van der Waals surface area contributed by atoms with Gasteiger partial charge in [0.25, 0.3) is 0 Å². The first-order chi connectivity index (χ1) is 15.7. The van der Waals surface area contributed by atoms with Gasteiger partial charge in [-0.05, 0) is 68.5 Å². The zero-order valence-electron chi connectivity index (χ0n) is 19.1. The summed E-state index contributed by atoms with van der Waals surface area (Å²) in [5.74, 6) is 0.332.